The van der Waals surface area contributed by atoms with Crippen molar-refractivity contribution >= 4 is 32.7 Å². The average Bonchev–Trinajstić information content (AvgIpc) is 3.23. The van der Waals surface area contributed by atoms with Crippen LogP contribution < -0.4 is 10.1 Å². The van der Waals surface area contributed by atoms with Gasteiger partial charge in [-0.3, -0.25) is 5.32 Å². The molecule has 0 unspecified atom stereocenters. The molecule has 2 amide bonds. The minimum atomic E-state index is -0.0690. The van der Waals surface area contributed by atoms with E-state index in [2.05, 4.69) is 15.3 Å². The second-order valence-electron chi connectivity index (χ2n) is 8.84. The van der Waals surface area contributed by atoms with Gasteiger partial charge in [0.1, 0.15) is 5.52 Å². The smallest absolute Gasteiger partial charge is 0.323 e. The number of likely N-dealkylation sites (tertiary alicyclic amines) is 1. The standard InChI is InChI=1S/C22H30N4O4S/c1-28-19-17-18(16(14-23-19)15-2-10-29-11-3-15)31-20(24-17)25-21(27)26-8-4-22(5-9-26)6-12-30-13-7-22/h14-15H,2-13H2,1H3,(H,24,25,27). The van der Waals surface area contributed by atoms with Crippen LogP contribution in [-0.2, 0) is 9.47 Å². The Morgan fingerprint density at radius 2 is 1.87 bits per heavy atom. The maximum Gasteiger partial charge on any atom is 0.323 e. The molecule has 2 aromatic rings. The van der Waals surface area contributed by atoms with Gasteiger partial charge in [0.25, 0.3) is 0 Å². The highest BCUT2D eigenvalue weighted by Crippen LogP contribution is 2.42. The fourth-order valence-electron chi connectivity index (χ4n) is 5.07. The minimum absolute atomic E-state index is 0.0690. The lowest BCUT2D eigenvalue weighted by Gasteiger charge is -2.43. The van der Waals surface area contributed by atoms with Crippen LogP contribution in [0.2, 0.25) is 0 Å². The highest BCUT2D eigenvalue weighted by atomic mass is 32.1. The van der Waals surface area contributed by atoms with Crippen molar-refractivity contribution in [3.63, 3.8) is 0 Å². The van der Waals surface area contributed by atoms with Gasteiger partial charge in [-0.2, -0.15) is 0 Å². The summed E-state index contributed by atoms with van der Waals surface area (Å²) in [6.07, 6.45) is 8.18. The summed E-state index contributed by atoms with van der Waals surface area (Å²) in [5.41, 5.74) is 2.27. The molecule has 31 heavy (non-hydrogen) atoms. The first kappa shape index (κ1) is 20.9. The van der Waals surface area contributed by atoms with Crippen LogP contribution in [0.5, 0.6) is 5.88 Å². The Morgan fingerprint density at radius 3 is 2.58 bits per heavy atom. The van der Waals surface area contributed by atoms with E-state index in [1.54, 1.807) is 7.11 Å². The van der Waals surface area contributed by atoms with Gasteiger partial charge < -0.3 is 19.1 Å². The molecule has 1 spiro atoms. The molecule has 5 heterocycles. The highest BCUT2D eigenvalue weighted by molar-refractivity contribution is 7.22. The number of aromatic nitrogens is 2. The van der Waals surface area contributed by atoms with Crippen LogP contribution >= 0.6 is 11.3 Å². The number of piperidine rings is 1. The summed E-state index contributed by atoms with van der Waals surface area (Å²) in [5.74, 6) is 0.901. The number of carbonyl (C=O) groups is 1. The third-order valence-electron chi connectivity index (χ3n) is 7.15. The van der Waals surface area contributed by atoms with Gasteiger partial charge in [-0.25, -0.2) is 14.8 Å². The molecule has 5 rings (SSSR count). The van der Waals surface area contributed by atoms with E-state index in [4.69, 9.17) is 14.2 Å². The monoisotopic (exact) mass is 446 g/mol. The number of anilines is 1. The molecule has 0 aromatic carbocycles. The first-order valence-corrected chi connectivity index (χ1v) is 12.0. The summed E-state index contributed by atoms with van der Waals surface area (Å²) in [4.78, 5) is 24.0. The SMILES string of the molecule is COc1ncc(C2CCOCC2)c2sc(NC(=O)N3CCC4(CCOCC4)CC3)nc12. The molecule has 0 bridgehead atoms. The number of hydrogen-bond donors (Lipinski definition) is 1. The molecule has 168 valence electrons. The normalized spacial score (nSPS) is 22.0. The zero-order chi connectivity index (χ0) is 21.3. The van der Waals surface area contributed by atoms with Crippen molar-refractivity contribution < 1.29 is 19.0 Å². The maximum absolute atomic E-state index is 12.9. The number of carbonyl (C=O) groups excluding carboxylic acids is 1. The fraction of sp³-hybridized carbons (Fsp3) is 0.682. The number of rotatable bonds is 3. The highest BCUT2D eigenvalue weighted by Gasteiger charge is 2.37. The second kappa shape index (κ2) is 8.88. The molecule has 0 aliphatic carbocycles. The van der Waals surface area contributed by atoms with Crippen LogP contribution in [0.25, 0.3) is 10.2 Å². The van der Waals surface area contributed by atoms with Crippen molar-refractivity contribution in [3.05, 3.63) is 11.8 Å². The minimum Gasteiger partial charge on any atom is -0.479 e. The number of amides is 2. The summed E-state index contributed by atoms with van der Waals surface area (Å²) in [7, 11) is 1.60. The van der Waals surface area contributed by atoms with Crippen LogP contribution in [0, 0.1) is 5.41 Å². The number of pyridine rings is 1. The summed E-state index contributed by atoms with van der Waals surface area (Å²) in [5, 5.41) is 3.64. The Bertz CT molecular complexity index is 927. The number of nitrogens with zero attached hydrogens (tertiary/aromatic N) is 3. The van der Waals surface area contributed by atoms with Gasteiger partial charge in [0.2, 0.25) is 5.88 Å². The third kappa shape index (κ3) is 4.23. The molecule has 2 aromatic heterocycles. The molecule has 3 fully saturated rings. The van der Waals surface area contributed by atoms with Crippen molar-refractivity contribution in [2.24, 2.45) is 5.41 Å². The number of hydrogen-bond acceptors (Lipinski definition) is 7. The zero-order valence-corrected chi connectivity index (χ0v) is 18.8. The van der Waals surface area contributed by atoms with Gasteiger partial charge >= 0.3 is 6.03 Å². The number of methoxy groups -OCH3 is 1. The lowest BCUT2D eigenvalue weighted by atomic mass is 9.72. The van der Waals surface area contributed by atoms with Crippen molar-refractivity contribution in [1.29, 1.82) is 0 Å². The van der Waals surface area contributed by atoms with E-state index in [9.17, 15) is 4.79 Å². The Morgan fingerprint density at radius 1 is 1.16 bits per heavy atom. The predicted octanol–water partition coefficient (Wildman–Crippen LogP) is 4.02. The largest absolute Gasteiger partial charge is 0.479 e. The number of fused-ring (bicyclic) bond motifs is 1. The van der Waals surface area contributed by atoms with Crippen LogP contribution in [-0.4, -0.2) is 67.5 Å². The Labute approximate surface area is 186 Å². The molecule has 1 N–H and O–H groups in total. The van der Waals surface area contributed by atoms with Gasteiger partial charge in [0, 0.05) is 45.7 Å². The first-order chi connectivity index (χ1) is 15.2. The predicted molar refractivity (Wildman–Crippen MR) is 119 cm³/mol. The van der Waals surface area contributed by atoms with Gasteiger partial charge in [0.05, 0.1) is 11.8 Å². The number of thiazole rings is 1. The van der Waals surface area contributed by atoms with Crippen molar-refractivity contribution in [2.75, 3.05) is 51.9 Å². The van der Waals surface area contributed by atoms with Gasteiger partial charge in [-0.15, -0.1) is 0 Å². The van der Waals surface area contributed by atoms with Crippen LogP contribution in [0.4, 0.5) is 9.93 Å². The van der Waals surface area contributed by atoms with E-state index in [0.717, 1.165) is 88.3 Å². The molecule has 9 heteroatoms. The average molecular weight is 447 g/mol. The van der Waals surface area contributed by atoms with E-state index in [1.807, 2.05) is 11.1 Å². The second-order valence-corrected chi connectivity index (χ2v) is 9.83. The zero-order valence-electron chi connectivity index (χ0n) is 18.0. The molecule has 0 atom stereocenters. The van der Waals surface area contributed by atoms with Gasteiger partial charge in [-0.1, -0.05) is 11.3 Å². The molecular weight excluding hydrogens is 416 g/mol. The van der Waals surface area contributed by atoms with E-state index in [-0.39, 0.29) is 6.03 Å². The van der Waals surface area contributed by atoms with Crippen LogP contribution in [0.15, 0.2) is 6.20 Å². The molecule has 3 aliphatic rings. The quantitative estimate of drug-likeness (QED) is 0.767. The Kier molecular flexibility index (Phi) is 5.99. The molecule has 8 nitrogen and oxygen atoms in total. The Balaban J connectivity index is 1.31. The number of urea groups is 1. The summed E-state index contributed by atoms with van der Waals surface area (Å²) in [6, 6.07) is -0.0690. The van der Waals surface area contributed by atoms with Crippen LogP contribution in [0.3, 0.4) is 0 Å². The van der Waals surface area contributed by atoms with Crippen molar-refractivity contribution in [3.8, 4) is 5.88 Å². The molecule has 0 radical (unpaired) electrons. The third-order valence-corrected chi connectivity index (χ3v) is 8.17. The summed E-state index contributed by atoms with van der Waals surface area (Å²) in [6.45, 7) is 4.81. The fourth-order valence-corrected chi connectivity index (χ4v) is 6.11. The molecular formula is C22H30N4O4S. The Hall–Kier alpha value is -1.97. The maximum atomic E-state index is 12.9. The molecule has 3 aliphatic heterocycles. The summed E-state index contributed by atoms with van der Waals surface area (Å²) >= 11 is 1.51. The molecule has 0 saturated carbocycles. The van der Waals surface area contributed by atoms with E-state index >= 15 is 0 Å². The first-order valence-electron chi connectivity index (χ1n) is 11.2. The van der Waals surface area contributed by atoms with E-state index < -0.39 is 0 Å². The van der Waals surface area contributed by atoms with Crippen molar-refractivity contribution in [1.82, 2.24) is 14.9 Å². The molecule has 3 saturated heterocycles. The van der Waals surface area contributed by atoms with E-state index in [0.29, 0.717) is 22.3 Å². The summed E-state index contributed by atoms with van der Waals surface area (Å²) < 4.78 is 17.5. The lowest BCUT2D eigenvalue weighted by Crippen LogP contribution is -2.46. The van der Waals surface area contributed by atoms with E-state index in [1.165, 1.54) is 16.9 Å². The lowest BCUT2D eigenvalue weighted by molar-refractivity contribution is -0.0138. The topological polar surface area (TPSA) is 85.8 Å². The van der Waals surface area contributed by atoms with Crippen molar-refractivity contribution in [2.45, 2.75) is 44.4 Å². The number of ether oxygens (including phenoxy) is 3. The number of nitrogens with one attached hydrogen (secondary N) is 1. The van der Waals surface area contributed by atoms with Crippen LogP contribution in [0.1, 0.15) is 50.0 Å². The van der Waals surface area contributed by atoms with Gasteiger partial charge in [-0.05, 0) is 55.4 Å². The van der Waals surface area contributed by atoms with Gasteiger partial charge in [0.15, 0.2) is 5.13 Å².